The molecule has 2 N–H and O–H groups in total. The molecule has 2 heterocycles. The molecule has 1 aromatic carbocycles. The number of amides is 1. The summed E-state index contributed by atoms with van der Waals surface area (Å²) in [5.74, 6) is -0.588. The molecule has 2 fully saturated rings. The summed E-state index contributed by atoms with van der Waals surface area (Å²) in [5, 5.41) is 17.5. The van der Waals surface area contributed by atoms with E-state index in [0.717, 1.165) is 12.8 Å². The quantitative estimate of drug-likeness (QED) is 0.347. The van der Waals surface area contributed by atoms with Gasteiger partial charge in [-0.05, 0) is 49.3 Å². The van der Waals surface area contributed by atoms with Crippen LogP contribution in [-0.4, -0.2) is 48.4 Å². The standard InChI is InChI=1S/C20H22FN5O5S/c1-24(10-14-5-7-18(30-14)26(28)29)17-6-4-13(8-16(17)21)25-11-15(31-20(25)27)9-22-19(32)23-12-2-3-12/h4-8,12,15H,2-3,9-11H2,1H3,(H2,22,23,32)/t15-/m0/s1. The van der Waals surface area contributed by atoms with Crippen LogP contribution < -0.4 is 20.4 Å². The van der Waals surface area contributed by atoms with Crippen LogP contribution in [0.2, 0.25) is 0 Å². The number of furan rings is 1. The lowest BCUT2D eigenvalue weighted by Gasteiger charge is -2.20. The number of halogens is 1. The van der Waals surface area contributed by atoms with Crippen molar-refractivity contribution in [2.45, 2.75) is 31.5 Å². The molecule has 12 heteroatoms. The van der Waals surface area contributed by atoms with Gasteiger partial charge in [0.05, 0.1) is 37.1 Å². The first kappa shape index (κ1) is 21.8. The molecule has 1 saturated carbocycles. The minimum atomic E-state index is -0.631. The van der Waals surface area contributed by atoms with Crippen molar-refractivity contribution in [3.8, 4) is 0 Å². The SMILES string of the molecule is CN(Cc1ccc([N+](=O)[O-])o1)c1ccc(N2C[C@H](CNC(=S)NC3CC3)OC2=O)cc1F. The molecule has 1 amide bonds. The zero-order valence-electron chi connectivity index (χ0n) is 17.2. The average Bonchev–Trinajstić information content (AvgIpc) is 3.28. The van der Waals surface area contributed by atoms with Crippen molar-refractivity contribution >= 4 is 40.7 Å². The van der Waals surface area contributed by atoms with E-state index in [1.165, 1.54) is 29.2 Å². The number of rotatable bonds is 8. The molecule has 1 aromatic heterocycles. The van der Waals surface area contributed by atoms with E-state index in [1.807, 2.05) is 0 Å². The topological polar surface area (TPSA) is 113 Å². The zero-order chi connectivity index (χ0) is 22.8. The summed E-state index contributed by atoms with van der Waals surface area (Å²) in [4.78, 5) is 25.3. The van der Waals surface area contributed by atoms with Crippen molar-refractivity contribution < 1.29 is 23.3 Å². The second kappa shape index (κ2) is 8.99. The molecule has 0 spiro atoms. The zero-order valence-corrected chi connectivity index (χ0v) is 18.1. The van der Waals surface area contributed by atoms with Crippen LogP contribution in [0.3, 0.4) is 0 Å². The highest BCUT2D eigenvalue weighted by atomic mass is 32.1. The highest BCUT2D eigenvalue weighted by molar-refractivity contribution is 7.80. The van der Waals surface area contributed by atoms with Gasteiger partial charge in [-0.25, -0.2) is 9.18 Å². The minimum Gasteiger partial charge on any atom is -0.442 e. The van der Waals surface area contributed by atoms with Crippen LogP contribution in [0.15, 0.2) is 34.7 Å². The molecule has 2 aliphatic rings. The predicted molar refractivity (Wildman–Crippen MR) is 118 cm³/mol. The van der Waals surface area contributed by atoms with Crippen LogP contribution in [0, 0.1) is 15.9 Å². The summed E-state index contributed by atoms with van der Waals surface area (Å²) in [6.07, 6.45) is 1.24. The first-order valence-corrected chi connectivity index (χ1v) is 10.5. The molecule has 170 valence electrons. The fourth-order valence-electron chi connectivity index (χ4n) is 3.35. The maximum absolute atomic E-state index is 14.8. The molecule has 0 radical (unpaired) electrons. The number of carbonyl (C=O) groups is 1. The lowest BCUT2D eigenvalue weighted by molar-refractivity contribution is -0.402. The van der Waals surface area contributed by atoms with E-state index >= 15 is 0 Å². The Balaban J connectivity index is 1.35. The Morgan fingerprint density at radius 3 is 2.81 bits per heavy atom. The van der Waals surface area contributed by atoms with Gasteiger partial charge >= 0.3 is 12.0 Å². The molecule has 1 saturated heterocycles. The van der Waals surface area contributed by atoms with Gasteiger partial charge in [-0.15, -0.1) is 0 Å². The Hall–Kier alpha value is -3.41. The van der Waals surface area contributed by atoms with Gasteiger partial charge in [0.2, 0.25) is 0 Å². The number of benzene rings is 1. The first-order valence-electron chi connectivity index (χ1n) is 10.1. The Morgan fingerprint density at radius 1 is 1.38 bits per heavy atom. The highest BCUT2D eigenvalue weighted by Gasteiger charge is 2.33. The number of nitrogens with one attached hydrogen (secondary N) is 2. The van der Waals surface area contributed by atoms with Gasteiger partial charge in [0, 0.05) is 13.1 Å². The maximum Gasteiger partial charge on any atom is 0.433 e. The number of cyclic esters (lactones) is 1. The van der Waals surface area contributed by atoms with E-state index in [0.29, 0.717) is 29.1 Å². The summed E-state index contributed by atoms with van der Waals surface area (Å²) in [6.45, 7) is 0.764. The number of ether oxygens (including phenoxy) is 1. The minimum absolute atomic E-state index is 0.137. The Kier molecular flexibility index (Phi) is 6.12. The van der Waals surface area contributed by atoms with E-state index < -0.39 is 22.9 Å². The molecular formula is C20H22FN5O5S. The van der Waals surface area contributed by atoms with Crippen molar-refractivity contribution in [3.05, 3.63) is 52.0 Å². The van der Waals surface area contributed by atoms with Crippen molar-refractivity contribution in [3.63, 3.8) is 0 Å². The summed E-state index contributed by atoms with van der Waals surface area (Å²) >= 11 is 5.20. The molecule has 1 aliphatic heterocycles. The van der Waals surface area contributed by atoms with Gasteiger partial charge in [-0.2, -0.15) is 0 Å². The van der Waals surface area contributed by atoms with Crippen LogP contribution in [-0.2, 0) is 11.3 Å². The molecule has 10 nitrogen and oxygen atoms in total. The van der Waals surface area contributed by atoms with Crippen LogP contribution >= 0.6 is 12.2 Å². The van der Waals surface area contributed by atoms with E-state index in [2.05, 4.69) is 10.6 Å². The smallest absolute Gasteiger partial charge is 0.433 e. The van der Waals surface area contributed by atoms with Gasteiger partial charge < -0.3 is 24.7 Å². The van der Waals surface area contributed by atoms with Gasteiger partial charge in [0.1, 0.15) is 22.6 Å². The van der Waals surface area contributed by atoms with Crippen molar-refractivity contribution in [1.82, 2.24) is 10.6 Å². The number of hydrogen-bond donors (Lipinski definition) is 2. The fraction of sp³-hybridized carbons (Fsp3) is 0.400. The number of carbonyl (C=O) groups excluding carboxylic acids is 1. The third-order valence-electron chi connectivity index (χ3n) is 5.15. The largest absolute Gasteiger partial charge is 0.442 e. The number of anilines is 2. The highest BCUT2D eigenvalue weighted by Crippen LogP contribution is 2.28. The van der Waals surface area contributed by atoms with Crippen LogP contribution in [0.5, 0.6) is 0 Å². The van der Waals surface area contributed by atoms with E-state index in [9.17, 15) is 19.3 Å². The molecule has 1 atom stereocenters. The maximum atomic E-state index is 14.8. The predicted octanol–water partition coefficient (Wildman–Crippen LogP) is 2.92. The third-order valence-corrected chi connectivity index (χ3v) is 5.41. The second-order valence-electron chi connectivity index (χ2n) is 7.73. The molecule has 1 aliphatic carbocycles. The molecule has 2 aromatic rings. The fourth-order valence-corrected chi connectivity index (χ4v) is 3.60. The monoisotopic (exact) mass is 463 g/mol. The second-order valence-corrected chi connectivity index (χ2v) is 8.14. The van der Waals surface area contributed by atoms with Gasteiger partial charge in [-0.1, -0.05) is 0 Å². The molecular weight excluding hydrogens is 441 g/mol. The normalized spacial score (nSPS) is 17.8. The average molecular weight is 463 g/mol. The van der Waals surface area contributed by atoms with Gasteiger partial charge in [0.25, 0.3) is 0 Å². The number of thiocarbonyl (C=S) groups is 1. The van der Waals surface area contributed by atoms with Gasteiger partial charge in [-0.3, -0.25) is 15.0 Å². The lowest BCUT2D eigenvalue weighted by atomic mass is 10.2. The Labute approximate surface area is 188 Å². The van der Waals surface area contributed by atoms with Crippen molar-refractivity contribution in [2.24, 2.45) is 0 Å². The summed E-state index contributed by atoms with van der Waals surface area (Å²) in [6, 6.07) is 7.57. The number of nitrogens with zero attached hydrogens (tertiary/aromatic N) is 3. The van der Waals surface area contributed by atoms with E-state index in [1.54, 1.807) is 18.0 Å². The van der Waals surface area contributed by atoms with Crippen molar-refractivity contribution in [2.75, 3.05) is 29.9 Å². The molecule has 0 bridgehead atoms. The number of nitro groups is 1. The number of hydrogen-bond acceptors (Lipinski definition) is 7. The summed E-state index contributed by atoms with van der Waals surface area (Å²) in [7, 11) is 1.64. The Bertz CT molecular complexity index is 1040. The summed E-state index contributed by atoms with van der Waals surface area (Å²) in [5.41, 5.74) is 0.634. The molecule has 0 unspecified atom stereocenters. The Morgan fingerprint density at radius 2 is 2.16 bits per heavy atom. The van der Waals surface area contributed by atoms with Crippen LogP contribution in [0.1, 0.15) is 18.6 Å². The van der Waals surface area contributed by atoms with Crippen LogP contribution in [0.25, 0.3) is 0 Å². The van der Waals surface area contributed by atoms with Gasteiger partial charge in [0.15, 0.2) is 5.11 Å². The molecule has 4 rings (SSSR count). The first-order chi connectivity index (χ1) is 15.3. The van der Waals surface area contributed by atoms with Crippen molar-refractivity contribution in [1.29, 1.82) is 0 Å². The van der Waals surface area contributed by atoms with Crippen LogP contribution in [0.4, 0.5) is 26.4 Å². The third kappa shape index (κ3) is 5.07. The lowest BCUT2D eigenvalue weighted by Crippen LogP contribution is -2.41. The van der Waals surface area contributed by atoms with E-state index in [-0.39, 0.29) is 24.7 Å². The molecule has 32 heavy (non-hydrogen) atoms. The van der Waals surface area contributed by atoms with E-state index in [4.69, 9.17) is 21.4 Å². The summed E-state index contributed by atoms with van der Waals surface area (Å²) < 4.78 is 25.3.